The van der Waals surface area contributed by atoms with Crippen molar-refractivity contribution in [2.75, 3.05) is 29.6 Å². The van der Waals surface area contributed by atoms with Crippen molar-refractivity contribution in [1.29, 1.82) is 0 Å². The van der Waals surface area contributed by atoms with Crippen LogP contribution >= 0.6 is 11.8 Å². The molecule has 4 aromatic carbocycles. The molecule has 4 aromatic rings. The number of carbonyl (C=O) groups excluding carboxylic acids is 3. The molecule has 0 unspecified atom stereocenters. The lowest BCUT2D eigenvalue weighted by molar-refractivity contribution is -0.116. The molecule has 0 spiro atoms. The molecule has 218 valence electrons. The molecule has 0 aromatic heterocycles. The third-order valence-electron chi connectivity index (χ3n) is 6.91. The zero-order valence-electron chi connectivity index (χ0n) is 23.6. The molecule has 1 heterocycles. The second-order valence-corrected chi connectivity index (χ2v) is 10.9. The average Bonchev–Trinajstić information content (AvgIpc) is 3.04. The van der Waals surface area contributed by atoms with Gasteiger partial charge in [-0.05, 0) is 73.0 Å². The summed E-state index contributed by atoms with van der Waals surface area (Å²) in [6.07, 6.45) is 3.39. The molecule has 3 N–H and O–H groups in total. The number of nitrogens with one attached hydrogen (secondary N) is 2. The number of hydrogen-bond donors (Lipinski definition) is 3. The highest BCUT2D eigenvalue weighted by atomic mass is 32.2. The Bertz CT molecular complexity index is 1670. The molecule has 1 aliphatic heterocycles. The molecule has 5 rings (SSSR count). The van der Waals surface area contributed by atoms with Crippen LogP contribution in [0.25, 0.3) is 6.08 Å². The average molecular weight is 594 g/mol. The van der Waals surface area contributed by atoms with Crippen LogP contribution in [0.1, 0.15) is 27.9 Å². The van der Waals surface area contributed by atoms with E-state index in [1.807, 2.05) is 29.2 Å². The summed E-state index contributed by atoms with van der Waals surface area (Å²) in [6.45, 7) is 0.697. The largest absolute Gasteiger partial charge is 0.508 e. The molecule has 0 bridgehead atoms. The van der Waals surface area contributed by atoms with Crippen LogP contribution in [0, 0.1) is 0 Å². The van der Waals surface area contributed by atoms with Gasteiger partial charge in [0.2, 0.25) is 5.91 Å². The van der Waals surface area contributed by atoms with Crippen LogP contribution in [0.2, 0.25) is 0 Å². The summed E-state index contributed by atoms with van der Waals surface area (Å²) < 4.78 is 5.36. The van der Waals surface area contributed by atoms with E-state index in [2.05, 4.69) is 16.7 Å². The van der Waals surface area contributed by atoms with Crippen molar-refractivity contribution in [3.63, 3.8) is 0 Å². The van der Waals surface area contributed by atoms with E-state index in [9.17, 15) is 19.5 Å². The highest BCUT2D eigenvalue weighted by Gasteiger charge is 2.22. The Morgan fingerprint density at radius 2 is 1.74 bits per heavy atom. The fraction of sp³-hybridized carbons (Fsp3) is 0.147. The Morgan fingerprint density at radius 1 is 0.953 bits per heavy atom. The number of anilines is 2. The number of amides is 3. The molecular formula is C34H31N3O5S. The summed E-state index contributed by atoms with van der Waals surface area (Å²) >= 11 is 1.40. The first-order valence-corrected chi connectivity index (χ1v) is 14.8. The maximum absolute atomic E-state index is 13.5. The zero-order chi connectivity index (χ0) is 30.2. The third kappa shape index (κ3) is 7.44. The van der Waals surface area contributed by atoms with E-state index >= 15 is 0 Å². The molecule has 8 nitrogen and oxygen atoms in total. The number of methoxy groups -OCH3 is 1. The summed E-state index contributed by atoms with van der Waals surface area (Å²) in [4.78, 5) is 42.3. The number of fused-ring (bicyclic) bond motifs is 1. The first-order chi connectivity index (χ1) is 20.9. The van der Waals surface area contributed by atoms with Gasteiger partial charge in [-0.1, -0.05) is 42.5 Å². The Labute approximate surface area is 254 Å². The van der Waals surface area contributed by atoms with Crippen LogP contribution in [0.3, 0.4) is 0 Å². The minimum Gasteiger partial charge on any atom is -0.508 e. The van der Waals surface area contributed by atoms with Gasteiger partial charge >= 0.3 is 0 Å². The number of rotatable bonds is 9. The van der Waals surface area contributed by atoms with Crippen molar-refractivity contribution in [2.24, 2.45) is 0 Å². The van der Waals surface area contributed by atoms with Gasteiger partial charge in [0, 0.05) is 40.0 Å². The number of hydrogen-bond acceptors (Lipinski definition) is 6. The van der Waals surface area contributed by atoms with E-state index in [4.69, 9.17) is 4.74 Å². The maximum atomic E-state index is 13.5. The van der Waals surface area contributed by atoms with E-state index < -0.39 is 11.8 Å². The lowest BCUT2D eigenvalue weighted by atomic mass is 10.0. The van der Waals surface area contributed by atoms with Gasteiger partial charge < -0.3 is 25.4 Å². The zero-order valence-corrected chi connectivity index (χ0v) is 24.4. The summed E-state index contributed by atoms with van der Waals surface area (Å²) in [7, 11) is 1.45. The fourth-order valence-electron chi connectivity index (χ4n) is 4.79. The van der Waals surface area contributed by atoms with E-state index in [-0.39, 0.29) is 23.1 Å². The van der Waals surface area contributed by atoms with Gasteiger partial charge in [-0.15, -0.1) is 11.8 Å². The molecule has 3 amide bonds. The lowest BCUT2D eigenvalue weighted by Crippen LogP contribution is -2.36. The number of phenols is 1. The summed E-state index contributed by atoms with van der Waals surface area (Å²) in [5.74, 6) is -0.387. The molecule has 43 heavy (non-hydrogen) atoms. The van der Waals surface area contributed by atoms with Gasteiger partial charge in [-0.25, -0.2) is 0 Å². The van der Waals surface area contributed by atoms with Crippen molar-refractivity contribution < 1.29 is 24.2 Å². The van der Waals surface area contributed by atoms with E-state index in [1.54, 1.807) is 54.6 Å². The second kappa shape index (κ2) is 13.8. The van der Waals surface area contributed by atoms with Gasteiger partial charge in [0.05, 0.1) is 12.9 Å². The first-order valence-electron chi connectivity index (χ1n) is 13.8. The smallest absolute Gasteiger partial charge is 0.272 e. The Hall–Kier alpha value is -5.02. The predicted octanol–water partition coefficient (Wildman–Crippen LogP) is 5.88. The SMILES string of the molecule is COc1cc(O)ccc1/C=C(\NC(=O)c1ccccc1)C(=O)Nc1cccc(SCC(=O)N2CCCc3ccccc32)c1. The van der Waals surface area contributed by atoms with Gasteiger partial charge in [-0.2, -0.15) is 0 Å². The molecule has 0 atom stereocenters. The fourth-order valence-corrected chi connectivity index (χ4v) is 5.63. The Kier molecular flexibility index (Phi) is 9.43. The number of ether oxygens (including phenoxy) is 1. The second-order valence-electron chi connectivity index (χ2n) is 9.85. The highest BCUT2D eigenvalue weighted by molar-refractivity contribution is 8.00. The third-order valence-corrected chi connectivity index (χ3v) is 7.89. The standard InChI is InChI=1S/C34H31N3O5S/c1-42-31-21-27(38)17-16-25(31)19-29(36-33(40)24-10-3-2-4-11-24)34(41)35-26-13-7-14-28(20-26)43-22-32(39)37-18-8-12-23-9-5-6-15-30(23)37/h2-7,9-11,13-17,19-21,38H,8,12,18,22H2,1H3,(H,35,41)(H,36,40)/b29-19-. The molecular weight excluding hydrogens is 562 g/mol. The number of phenolic OH excluding ortho intramolecular Hbond substituents is 1. The number of aryl methyl sites for hydroxylation is 1. The van der Waals surface area contributed by atoms with Gasteiger partial charge in [0.1, 0.15) is 17.2 Å². The lowest BCUT2D eigenvalue weighted by Gasteiger charge is -2.29. The number of aromatic hydroxyl groups is 1. The topological polar surface area (TPSA) is 108 Å². The molecule has 0 fully saturated rings. The van der Waals surface area contributed by atoms with Crippen LogP contribution in [0.5, 0.6) is 11.5 Å². The van der Waals surface area contributed by atoms with Crippen molar-refractivity contribution in [1.82, 2.24) is 5.32 Å². The molecule has 9 heteroatoms. The van der Waals surface area contributed by atoms with Gasteiger partial charge in [0.25, 0.3) is 11.8 Å². The molecule has 1 aliphatic rings. The molecule has 0 saturated heterocycles. The summed E-state index contributed by atoms with van der Waals surface area (Å²) in [5, 5.41) is 15.4. The van der Waals surface area contributed by atoms with Crippen LogP contribution < -0.4 is 20.3 Å². The Morgan fingerprint density at radius 3 is 2.56 bits per heavy atom. The predicted molar refractivity (Wildman–Crippen MR) is 169 cm³/mol. The van der Waals surface area contributed by atoms with Crippen LogP contribution in [-0.2, 0) is 16.0 Å². The molecule has 0 aliphatic carbocycles. The highest BCUT2D eigenvalue weighted by Crippen LogP contribution is 2.29. The number of benzene rings is 4. The van der Waals surface area contributed by atoms with E-state index in [0.717, 1.165) is 23.4 Å². The van der Waals surface area contributed by atoms with E-state index in [0.29, 0.717) is 29.1 Å². The van der Waals surface area contributed by atoms with Crippen molar-refractivity contribution in [3.8, 4) is 11.5 Å². The summed E-state index contributed by atoms with van der Waals surface area (Å²) in [6, 6.07) is 28.3. The number of thioether (sulfide) groups is 1. The van der Waals surface area contributed by atoms with Crippen LogP contribution in [-0.4, -0.2) is 42.2 Å². The number of para-hydroxylation sites is 1. The summed E-state index contributed by atoms with van der Waals surface area (Å²) in [5.41, 5.74) is 3.52. The Balaban J connectivity index is 1.31. The number of carbonyl (C=O) groups is 3. The van der Waals surface area contributed by atoms with Crippen molar-refractivity contribution in [3.05, 3.63) is 119 Å². The van der Waals surface area contributed by atoms with Crippen molar-refractivity contribution in [2.45, 2.75) is 17.7 Å². The minimum atomic E-state index is -0.553. The molecule has 0 saturated carbocycles. The quantitative estimate of drug-likeness (QED) is 0.165. The number of nitrogens with zero attached hydrogens (tertiary/aromatic N) is 1. The van der Waals surface area contributed by atoms with Gasteiger partial charge in [0.15, 0.2) is 0 Å². The first kappa shape index (κ1) is 29.5. The maximum Gasteiger partial charge on any atom is 0.272 e. The molecule has 0 radical (unpaired) electrons. The van der Waals surface area contributed by atoms with E-state index in [1.165, 1.54) is 42.6 Å². The van der Waals surface area contributed by atoms with Crippen molar-refractivity contribution >= 4 is 46.9 Å². The minimum absolute atomic E-state index is 0.00520. The van der Waals surface area contributed by atoms with Gasteiger partial charge in [-0.3, -0.25) is 14.4 Å². The monoisotopic (exact) mass is 593 g/mol. The van der Waals surface area contributed by atoms with Crippen LogP contribution in [0.4, 0.5) is 11.4 Å². The van der Waals surface area contributed by atoms with Crippen LogP contribution in [0.15, 0.2) is 108 Å². The normalized spacial score (nSPS) is 12.7.